The number of nitrogens with zero attached hydrogens (tertiary/aromatic N) is 6. The van der Waals surface area contributed by atoms with Crippen LogP contribution in [0.1, 0.15) is 40.6 Å². The monoisotopic (exact) mass is 379 g/mol. The summed E-state index contributed by atoms with van der Waals surface area (Å²) < 4.78 is 3.72. The van der Waals surface area contributed by atoms with E-state index >= 15 is 0 Å². The van der Waals surface area contributed by atoms with Gasteiger partial charge in [-0.2, -0.15) is 5.10 Å². The third kappa shape index (κ3) is 3.68. The molecule has 1 aliphatic rings. The Morgan fingerprint density at radius 3 is 2.75 bits per heavy atom. The number of aromatic nitrogens is 5. The van der Waals surface area contributed by atoms with Crippen LogP contribution in [0, 0.1) is 6.92 Å². The molecule has 0 saturated carbocycles. The number of hydrogen-bond donors (Lipinski definition) is 1. The van der Waals surface area contributed by atoms with E-state index in [-0.39, 0.29) is 5.91 Å². The van der Waals surface area contributed by atoms with Gasteiger partial charge in [-0.25, -0.2) is 9.36 Å². The van der Waals surface area contributed by atoms with Crippen LogP contribution in [0.15, 0.2) is 42.7 Å². The maximum Gasteiger partial charge on any atom is 0.276 e. The Morgan fingerprint density at radius 1 is 1.25 bits per heavy atom. The normalized spacial score (nSPS) is 14.9. The largest absolute Gasteiger partial charge is 0.336 e. The lowest BCUT2D eigenvalue weighted by molar-refractivity contribution is 0.0778. The predicted octanol–water partition coefficient (Wildman–Crippen LogP) is 1.97. The molecule has 3 aromatic rings. The van der Waals surface area contributed by atoms with Gasteiger partial charge in [0, 0.05) is 25.4 Å². The van der Waals surface area contributed by atoms with Gasteiger partial charge in [0.25, 0.3) is 5.91 Å². The van der Waals surface area contributed by atoms with Crippen molar-refractivity contribution >= 4 is 5.91 Å². The van der Waals surface area contributed by atoms with Crippen LogP contribution in [0.4, 0.5) is 0 Å². The maximum absolute atomic E-state index is 12.9. The molecule has 0 atom stereocenters. The van der Waals surface area contributed by atoms with Gasteiger partial charge >= 0.3 is 0 Å². The minimum Gasteiger partial charge on any atom is -0.336 e. The predicted molar refractivity (Wildman–Crippen MR) is 105 cm³/mol. The van der Waals surface area contributed by atoms with Gasteiger partial charge in [-0.3, -0.25) is 4.79 Å². The van der Waals surface area contributed by atoms with Crippen LogP contribution in [0.2, 0.25) is 0 Å². The Hall–Kier alpha value is -3.00. The van der Waals surface area contributed by atoms with E-state index in [4.69, 9.17) is 0 Å². The van der Waals surface area contributed by atoms with Gasteiger partial charge in [0.1, 0.15) is 0 Å². The Bertz CT molecular complexity index is 941. The first kappa shape index (κ1) is 18.4. The van der Waals surface area contributed by atoms with Crippen molar-refractivity contribution in [3.05, 3.63) is 59.7 Å². The first-order chi connectivity index (χ1) is 13.6. The second-order valence-electron chi connectivity index (χ2n) is 7.24. The zero-order valence-electron chi connectivity index (χ0n) is 16.2. The van der Waals surface area contributed by atoms with Gasteiger partial charge in [0.15, 0.2) is 5.69 Å². The van der Waals surface area contributed by atoms with Gasteiger partial charge in [0.2, 0.25) is 0 Å². The highest BCUT2D eigenvalue weighted by atomic mass is 16.2. The number of hydrogen-bond acceptors (Lipinski definition) is 5. The fourth-order valence-electron chi connectivity index (χ4n) is 3.63. The number of piperidine rings is 1. The molecule has 1 saturated heterocycles. The van der Waals surface area contributed by atoms with Gasteiger partial charge in [-0.1, -0.05) is 23.4 Å². The van der Waals surface area contributed by atoms with E-state index in [2.05, 4.69) is 20.7 Å². The molecule has 0 bridgehead atoms. The van der Waals surface area contributed by atoms with Crippen LogP contribution in [0.5, 0.6) is 0 Å². The molecule has 28 heavy (non-hydrogen) atoms. The molecule has 0 radical (unpaired) electrons. The minimum absolute atomic E-state index is 0.120. The standard InChI is InChI=1S/C20H25N7O/c1-15-19(23-24-27(15)18-8-10-21-11-9-18)20(28)25(2)13-16-12-22-26(14-16)17-6-4-3-5-7-17/h3-7,12,14,18,21H,8-11,13H2,1-2H3. The molecule has 0 aliphatic carbocycles. The molecular formula is C20H25N7O. The molecule has 0 unspecified atom stereocenters. The van der Waals surface area contributed by atoms with Crippen LogP contribution >= 0.6 is 0 Å². The number of rotatable bonds is 5. The summed E-state index contributed by atoms with van der Waals surface area (Å²) in [6, 6.07) is 10.2. The van der Waals surface area contributed by atoms with E-state index in [0.29, 0.717) is 18.3 Å². The maximum atomic E-state index is 12.9. The summed E-state index contributed by atoms with van der Waals surface area (Å²) in [7, 11) is 1.78. The van der Waals surface area contributed by atoms with Crippen molar-refractivity contribution in [1.82, 2.24) is 35.0 Å². The number of para-hydroxylation sites is 1. The summed E-state index contributed by atoms with van der Waals surface area (Å²) in [5.74, 6) is -0.120. The zero-order chi connectivity index (χ0) is 19.5. The second kappa shape index (κ2) is 7.93. The fraction of sp³-hybridized carbons (Fsp3) is 0.400. The molecule has 8 nitrogen and oxygen atoms in total. The molecule has 1 aromatic carbocycles. The number of nitrogens with one attached hydrogen (secondary N) is 1. The van der Waals surface area contributed by atoms with E-state index in [1.165, 1.54) is 0 Å². The highest BCUT2D eigenvalue weighted by molar-refractivity contribution is 5.93. The van der Waals surface area contributed by atoms with Crippen LogP contribution < -0.4 is 5.32 Å². The summed E-state index contributed by atoms with van der Waals surface area (Å²) in [4.78, 5) is 14.6. The van der Waals surface area contributed by atoms with Crippen LogP contribution in [-0.4, -0.2) is 55.7 Å². The summed E-state index contributed by atoms with van der Waals surface area (Å²) >= 11 is 0. The second-order valence-corrected chi connectivity index (χ2v) is 7.24. The molecule has 1 N–H and O–H groups in total. The van der Waals surface area contributed by atoms with Gasteiger partial charge < -0.3 is 10.2 Å². The van der Waals surface area contributed by atoms with Crippen molar-refractivity contribution in [1.29, 1.82) is 0 Å². The van der Waals surface area contributed by atoms with Crippen molar-refractivity contribution in [2.24, 2.45) is 0 Å². The van der Waals surface area contributed by atoms with Crippen molar-refractivity contribution in [3.8, 4) is 5.69 Å². The average molecular weight is 379 g/mol. The van der Waals surface area contributed by atoms with Crippen LogP contribution in [0.25, 0.3) is 5.69 Å². The molecule has 8 heteroatoms. The lowest BCUT2D eigenvalue weighted by Crippen LogP contribution is -2.30. The highest BCUT2D eigenvalue weighted by Gasteiger charge is 2.24. The number of carbonyl (C=O) groups excluding carboxylic acids is 1. The minimum atomic E-state index is -0.120. The van der Waals surface area contributed by atoms with E-state index in [9.17, 15) is 4.79 Å². The van der Waals surface area contributed by atoms with Crippen molar-refractivity contribution in [2.75, 3.05) is 20.1 Å². The van der Waals surface area contributed by atoms with Gasteiger partial charge in [-0.05, 0) is 45.0 Å². The Kier molecular flexibility index (Phi) is 5.21. The van der Waals surface area contributed by atoms with Gasteiger partial charge in [0.05, 0.1) is 23.6 Å². The summed E-state index contributed by atoms with van der Waals surface area (Å²) in [5.41, 5.74) is 3.21. The fourth-order valence-corrected chi connectivity index (χ4v) is 3.63. The molecule has 1 amide bonds. The van der Waals surface area contributed by atoms with Crippen molar-refractivity contribution in [3.63, 3.8) is 0 Å². The zero-order valence-corrected chi connectivity index (χ0v) is 16.2. The third-order valence-electron chi connectivity index (χ3n) is 5.21. The SMILES string of the molecule is Cc1c(C(=O)N(C)Cc2cnn(-c3ccccc3)c2)nnn1C1CCNCC1. The summed E-state index contributed by atoms with van der Waals surface area (Å²) in [5, 5.41) is 16.2. The van der Waals surface area contributed by atoms with Crippen LogP contribution in [0.3, 0.4) is 0 Å². The third-order valence-corrected chi connectivity index (χ3v) is 5.21. The molecule has 146 valence electrons. The lowest BCUT2D eigenvalue weighted by Gasteiger charge is -2.23. The number of carbonyl (C=O) groups is 1. The van der Waals surface area contributed by atoms with Crippen molar-refractivity contribution in [2.45, 2.75) is 32.4 Å². The lowest BCUT2D eigenvalue weighted by atomic mass is 10.1. The number of amides is 1. The molecular weight excluding hydrogens is 354 g/mol. The average Bonchev–Trinajstić information content (AvgIpc) is 3.35. The molecule has 2 aromatic heterocycles. The van der Waals surface area contributed by atoms with E-state index in [1.807, 2.05) is 52.8 Å². The Morgan fingerprint density at radius 2 is 2.00 bits per heavy atom. The summed E-state index contributed by atoms with van der Waals surface area (Å²) in [6.45, 7) is 4.33. The summed E-state index contributed by atoms with van der Waals surface area (Å²) in [6.07, 6.45) is 5.74. The van der Waals surface area contributed by atoms with Crippen LogP contribution in [-0.2, 0) is 6.54 Å². The molecule has 0 spiro atoms. The van der Waals surface area contributed by atoms with Crippen molar-refractivity contribution < 1.29 is 4.79 Å². The Labute approximate surface area is 164 Å². The number of benzene rings is 1. The topological polar surface area (TPSA) is 80.9 Å². The smallest absolute Gasteiger partial charge is 0.276 e. The van der Waals surface area contributed by atoms with Gasteiger partial charge in [-0.15, -0.1) is 5.10 Å². The molecule has 1 aliphatic heterocycles. The molecule has 4 rings (SSSR count). The molecule has 1 fully saturated rings. The van der Waals surface area contributed by atoms with E-state index in [1.54, 1.807) is 18.1 Å². The quantitative estimate of drug-likeness (QED) is 0.733. The first-order valence-corrected chi connectivity index (χ1v) is 9.60. The van der Waals surface area contributed by atoms with E-state index in [0.717, 1.165) is 42.9 Å². The highest BCUT2D eigenvalue weighted by Crippen LogP contribution is 2.21. The van der Waals surface area contributed by atoms with E-state index < -0.39 is 0 Å². The first-order valence-electron chi connectivity index (χ1n) is 9.60. The Balaban J connectivity index is 1.45. The molecule has 3 heterocycles.